The Balaban J connectivity index is 1.60. The molecule has 0 bridgehead atoms. The van der Waals surface area contributed by atoms with Crippen molar-refractivity contribution < 1.29 is 15.0 Å². The minimum atomic E-state index is -0.794. The first-order chi connectivity index (χ1) is 15.3. The van der Waals surface area contributed by atoms with Gasteiger partial charge in [-0.3, -0.25) is 0 Å². The Morgan fingerprint density at radius 2 is 1.73 bits per heavy atom. The van der Waals surface area contributed by atoms with Gasteiger partial charge in [0, 0.05) is 5.57 Å². The van der Waals surface area contributed by atoms with Gasteiger partial charge in [-0.1, -0.05) is 58.8 Å². The fourth-order valence-corrected chi connectivity index (χ4v) is 9.48. The van der Waals surface area contributed by atoms with E-state index < -0.39 is 5.97 Å². The number of hydrogen-bond acceptors (Lipinski definition) is 2. The Morgan fingerprint density at radius 1 is 1.03 bits per heavy atom. The summed E-state index contributed by atoms with van der Waals surface area (Å²) >= 11 is 0. The highest BCUT2D eigenvalue weighted by atomic mass is 16.4. The maximum atomic E-state index is 11.1. The fraction of sp³-hybridized carbons (Fsp3) is 0.833. The summed E-state index contributed by atoms with van der Waals surface area (Å²) in [6, 6.07) is 0. The summed E-state index contributed by atoms with van der Waals surface area (Å²) in [6.45, 7) is 16.5. The van der Waals surface area contributed by atoms with Gasteiger partial charge in [0.1, 0.15) is 0 Å². The Bertz CT molecular complexity index is 866. The molecule has 33 heavy (non-hydrogen) atoms. The lowest BCUT2D eigenvalue weighted by Crippen LogP contribution is -2.55. The lowest BCUT2D eigenvalue weighted by molar-refractivity contribution is -0.132. The van der Waals surface area contributed by atoms with Gasteiger partial charge in [-0.2, -0.15) is 0 Å². The summed E-state index contributed by atoms with van der Waals surface area (Å²) in [5.41, 5.74) is 4.95. The Kier molecular flexibility index (Phi) is 6.25. The molecule has 3 nitrogen and oxygen atoms in total. The third-order valence-electron chi connectivity index (χ3n) is 11.9. The van der Waals surface area contributed by atoms with Crippen LogP contribution in [0.4, 0.5) is 0 Å². The van der Waals surface area contributed by atoms with Gasteiger partial charge in [0.2, 0.25) is 0 Å². The second-order valence-electron chi connectivity index (χ2n) is 13.5. The van der Waals surface area contributed by atoms with Crippen molar-refractivity contribution in [3.05, 3.63) is 22.8 Å². The van der Waals surface area contributed by atoms with Gasteiger partial charge >= 0.3 is 5.97 Å². The van der Waals surface area contributed by atoms with E-state index in [9.17, 15) is 9.90 Å². The summed E-state index contributed by atoms with van der Waals surface area (Å²) < 4.78 is 0. The average Bonchev–Trinajstić information content (AvgIpc) is 3.02. The van der Waals surface area contributed by atoms with Gasteiger partial charge in [0.05, 0.1) is 6.10 Å². The molecule has 0 aromatic heterocycles. The molecule has 3 heteroatoms. The number of aliphatic hydroxyl groups is 1. The van der Waals surface area contributed by atoms with Crippen molar-refractivity contribution >= 4 is 5.97 Å². The number of carbonyl (C=O) groups is 1. The number of rotatable bonds is 5. The summed E-state index contributed by atoms with van der Waals surface area (Å²) in [5.74, 6) is 1.12. The van der Waals surface area contributed by atoms with E-state index in [1.54, 1.807) is 18.1 Å². The van der Waals surface area contributed by atoms with Gasteiger partial charge in [-0.05, 0) is 111 Å². The quantitative estimate of drug-likeness (QED) is 0.332. The molecule has 0 aliphatic heterocycles. The molecule has 0 radical (unpaired) electrons. The number of carboxylic acid groups (broad SMARTS) is 1. The summed E-state index contributed by atoms with van der Waals surface area (Å²) in [7, 11) is 0. The zero-order chi connectivity index (χ0) is 24.4. The zero-order valence-electron chi connectivity index (χ0n) is 22.3. The summed E-state index contributed by atoms with van der Waals surface area (Å²) in [4.78, 5) is 11.1. The normalized spacial score (nSPS) is 43.5. The zero-order valence-corrected chi connectivity index (χ0v) is 22.3. The van der Waals surface area contributed by atoms with Crippen molar-refractivity contribution in [1.82, 2.24) is 0 Å². The van der Waals surface area contributed by atoms with Gasteiger partial charge in [-0.25, -0.2) is 4.79 Å². The van der Waals surface area contributed by atoms with Crippen LogP contribution in [0.25, 0.3) is 0 Å². The second kappa shape index (κ2) is 8.25. The standard InChI is InChI=1S/C30H48O3/c1-19(9-8-10-20(2)26(32)33)21-13-17-30(7)23-11-12-24-27(3,4)25(31)15-16-28(24,5)22(23)14-18-29(21,30)6/h10,19,21,24-25,31H,8-9,11-18H2,1-7H3,(H,32,33)/b20-10-. The third-order valence-corrected chi connectivity index (χ3v) is 11.9. The number of hydrogen-bond donors (Lipinski definition) is 2. The van der Waals surface area contributed by atoms with Gasteiger partial charge in [0.15, 0.2) is 0 Å². The highest BCUT2D eigenvalue weighted by Crippen LogP contribution is 2.72. The van der Waals surface area contributed by atoms with Crippen LogP contribution in [0.1, 0.15) is 113 Å². The molecule has 0 saturated heterocycles. The van der Waals surface area contributed by atoms with E-state index in [-0.39, 0.29) is 16.9 Å². The first-order valence-electron chi connectivity index (χ1n) is 13.6. The number of aliphatic carboxylic acids is 1. The molecule has 2 N–H and O–H groups in total. The van der Waals surface area contributed by atoms with Crippen molar-refractivity contribution in [2.45, 2.75) is 119 Å². The second-order valence-corrected chi connectivity index (χ2v) is 13.5. The Morgan fingerprint density at radius 3 is 2.39 bits per heavy atom. The lowest BCUT2D eigenvalue weighted by atomic mass is 9.43. The van der Waals surface area contributed by atoms with Crippen LogP contribution in [-0.2, 0) is 4.79 Å². The van der Waals surface area contributed by atoms with Crippen LogP contribution in [0.3, 0.4) is 0 Å². The topological polar surface area (TPSA) is 57.5 Å². The number of allylic oxidation sites excluding steroid dienone is 3. The van der Waals surface area contributed by atoms with Crippen molar-refractivity contribution in [1.29, 1.82) is 0 Å². The van der Waals surface area contributed by atoms with Crippen molar-refractivity contribution in [3.63, 3.8) is 0 Å². The van der Waals surface area contributed by atoms with Gasteiger partial charge in [-0.15, -0.1) is 0 Å². The Hall–Kier alpha value is -1.09. The molecule has 4 aliphatic carbocycles. The molecule has 0 aromatic rings. The molecule has 0 spiro atoms. The van der Waals surface area contributed by atoms with E-state index in [0.29, 0.717) is 34.2 Å². The monoisotopic (exact) mass is 456 g/mol. The molecular weight excluding hydrogens is 408 g/mol. The minimum Gasteiger partial charge on any atom is -0.478 e. The fourth-order valence-electron chi connectivity index (χ4n) is 9.48. The van der Waals surface area contributed by atoms with E-state index in [1.807, 2.05) is 6.08 Å². The Labute approximate surface area is 202 Å². The van der Waals surface area contributed by atoms with Crippen LogP contribution < -0.4 is 0 Å². The number of aliphatic hydroxyl groups excluding tert-OH is 1. The SMILES string of the molecule is C/C(=C/CCC(C)C1CCC2(C)C3=C(CCC12C)C1(C)CCC(O)C(C)(C)C1CC3)C(=O)O. The summed E-state index contributed by atoms with van der Waals surface area (Å²) in [6.07, 6.45) is 13.3. The predicted molar refractivity (Wildman–Crippen MR) is 135 cm³/mol. The molecule has 7 atom stereocenters. The molecule has 0 amide bonds. The number of fused-ring (bicyclic) bond motifs is 4. The molecule has 0 heterocycles. The van der Waals surface area contributed by atoms with Crippen LogP contribution in [0.15, 0.2) is 22.8 Å². The molecular formula is C30H48O3. The van der Waals surface area contributed by atoms with E-state index in [2.05, 4.69) is 41.5 Å². The molecule has 0 aromatic carbocycles. The molecule has 4 aliphatic rings. The van der Waals surface area contributed by atoms with Crippen molar-refractivity contribution in [2.75, 3.05) is 0 Å². The van der Waals surface area contributed by atoms with Gasteiger partial charge in [0.25, 0.3) is 0 Å². The largest absolute Gasteiger partial charge is 0.478 e. The average molecular weight is 457 g/mol. The van der Waals surface area contributed by atoms with Crippen LogP contribution in [0.2, 0.25) is 0 Å². The van der Waals surface area contributed by atoms with E-state index in [0.717, 1.165) is 25.7 Å². The third kappa shape index (κ3) is 3.58. The van der Waals surface area contributed by atoms with Crippen LogP contribution >= 0.6 is 0 Å². The maximum absolute atomic E-state index is 11.1. The molecule has 2 saturated carbocycles. The van der Waals surface area contributed by atoms with E-state index in [1.165, 1.54) is 38.5 Å². The van der Waals surface area contributed by atoms with Crippen molar-refractivity contribution in [3.8, 4) is 0 Å². The summed E-state index contributed by atoms with van der Waals surface area (Å²) in [5, 5.41) is 20.0. The number of carboxylic acids is 1. The molecule has 7 unspecified atom stereocenters. The smallest absolute Gasteiger partial charge is 0.330 e. The van der Waals surface area contributed by atoms with Crippen molar-refractivity contribution in [2.24, 2.45) is 39.4 Å². The first-order valence-corrected chi connectivity index (χ1v) is 13.6. The van der Waals surface area contributed by atoms with Gasteiger partial charge < -0.3 is 10.2 Å². The van der Waals surface area contributed by atoms with Crippen LogP contribution in [0, 0.1) is 39.4 Å². The maximum Gasteiger partial charge on any atom is 0.330 e. The van der Waals surface area contributed by atoms with E-state index in [4.69, 9.17) is 5.11 Å². The van der Waals surface area contributed by atoms with Crippen LogP contribution in [0.5, 0.6) is 0 Å². The van der Waals surface area contributed by atoms with Crippen LogP contribution in [-0.4, -0.2) is 22.3 Å². The highest BCUT2D eigenvalue weighted by molar-refractivity contribution is 5.85. The molecule has 186 valence electrons. The molecule has 2 fully saturated rings. The first kappa shape index (κ1) is 25.0. The molecule has 4 rings (SSSR count). The highest BCUT2D eigenvalue weighted by Gasteiger charge is 2.63. The van der Waals surface area contributed by atoms with E-state index >= 15 is 0 Å². The lowest BCUT2D eigenvalue weighted by Gasteiger charge is -2.62. The minimum absolute atomic E-state index is 0.00150. The predicted octanol–water partition coefficient (Wildman–Crippen LogP) is 7.54.